The van der Waals surface area contributed by atoms with E-state index in [0.717, 1.165) is 12.5 Å². The molecule has 1 heterocycles. The van der Waals surface area contributed by atoms with Crippen LogP contribution in [0.5, 0.6) is 0 Å². The Morgan fingerprint density at radius 1 is 1.17 bits per heavy atom. The average Bonchev–Trinajstić information content (AvgIpc) is 2.52. The molecule has 0 saturated heterocycles. The maximum atomic E-state index is 12.0. The summed E-state index contributed by atoms with van der Waals surface area (Å²) in [5.74, 6) is -1.39. The smallest absolute Gasteiger partial charge is 0.405 e. The van der Waals surface area contributed by atoms with Gasteiger partial charge in [0.2, 0.25) is 10.0 Å². The Bertz CT molecular complexity index is 862. The average molecular weight is 350 g/mol. The molecule has 1 N–H and O–H groups in total. The Kier molecular flexibility index (Phi) is 5.14. The van der Waals surface area contributed by atoms with Gasteiger partial charge in [-0.15, -0.1) is 0 Å². The first-order valence-electron chi connectivity index (χ1n) is 6.72. The molecule has 0 bridgehead atoms. The fourth-order valence-electron chi connectivity index (χ4n) is 1.81. The number of esters is 1. The van der Waals surface area contributed by atoms with Crippen molar-refractivity contribution in [3.8, 4) is 0 Å². The van der Waals surface area contributed by atoms with Crippen LogP contribution < -0.4 is 9.45 Å². The number of Topliss-reactive ketones (excluding diaryl/α,β-unsaturated/α-hetero) is 1. The van der Waals surface area contributed by atoms with Gasteiger partial charge in [-0.2, -0.15) is 4.73 Å². The number of sulfonamides is 1. The summed E-state index contributed by atoms with van der Waals surface area (Å²) in [5.41, 5.74) is 0.325. The number of rotatable bonds is 6. The van der Waals surface area contributed by atoms with E-state index in [0.29, 0.717) is 10.4 Å². The second-order valence-corrected chi connectivity index (χ2v) is 6.61. The Morgan fingerprint density at radius 3 is 2.42 bits per heavy atom. The quantitative estimate of drug-likeness (QED) is 0.355. The molecule has 126 valence electrons. The summed E-state index contributed by atoms with van der Waals surface area (Å²) in [6.07, 6.45) is 2.16. The molecular formula is C15H14N2O6S. The fraction of sp³-hybridized carbons (Fsp3) is 0.133. The molecule has 2 rings (SSSR count). The highest BCUT2D eigenvalue weighted by molar-refractivity contribution is 7.92. The zero-order chi connectivity index (χ0) is 17.7. The van der Waals surface area contributed by atoms with Crippen LogP contribution in [0.25, 0.3) is 0 Å². The summed E-state index contributed by atoms with van der Waals surface area (Å²) < 4.78 is 29.6. The van der Waals surface area contributed by atoms with Crippen molar-refractivity contribution in [2.24, 2.45) is 0 Å². The number of carbonyl (C=O) groups is 2. The third kappa shape index (κ3) is 4.78. The highest BCUT2D eigenvalue weighted by Gasteiger charge is 2.18. The van der Waals surface area contributed by atoms with Gasteiger partial charge >= 0.3 is 11.7 Å². The summed E-state index contributed by atoms with van der Waals surface area (Å²) in [6, 6.07) is 9.88. The van der Waals surface area contributed by atoms with E-state index in [-0.39, 0.29) is 11.3 Å². The number of pyridine rings is 1. The molecule has 9 heteroatoms. The minimum absolute atomic E-state index is 0.224. The van der Waals surface area contributed by atoms with E-state index < -0.39 is 28.4 Å². The first kappa shape index (κ1) is 17.4. The highest BCUT2D eigenvalue weighted by Crippen LogP contribution is 2.11. The van der Waals surface area contributed by atoms with Gasteiger partial charge < -0.3 is 9.94 Å². The first-order chi connectivity index (χ1) is 11.3. The normalized spacial score (nSPS) is 10.9. The van der Waals surface area contributed by atoms with Crippen molar-refractivity contribution in [1.29, 1.82) is 0 Å². The number of nitrogens with one attached hydrogen (secondary N) is 1. The van der Waals surface area contributed by atoms with Gasteiger partial charge in [0.25, 0.3) is 0 Å². The number of hydrogen-bond acceptors (Lipinski definition) is 6. The Morgan fingerprint density at radius 2 is 1.83 bits per heavy atom. The molecule has 0 unspecified atom stereocenters. The van der Waals surface area contributed by atoms with Gasteiger partial charge in [-0.25, -0.2) is 13.2 Å². The third-order valence-electron chi connectivity index (χ3n) is 2.88. The molecule has 1 aromatic carbocycles. The van der Waals surface area contributed by atoms with Gasteiger partial charge in [0.15, 0.2) is 18.6 Å². The monoisotopic (exact) mass is 350 g/mol. The molecular weight excluding hydrogens is 336 g/mol. The lowest BCUT2D eigenvalue weighted by Crippen LogP contribution is -2.35. The van der Waals surface area contributed by atoms with Gasteiger partial charge in [0, 0.05) is 23.4 Å². The summed E-state index contributed by atoms with van der Waals surface area (Å²) in [4.78, 5) is 23.7. The summed E-state index contributed by atoms with van der Waals surface area (Å²) in [6.45, 7) is -0.535. The lowest BCUT2D eigenvalue weighted by Gasteiger charge is -2.06. The van der Waals surface area contributed by atoms with Crippen molar-refractivity contribution in [2.75, 3.05) is 17.6 Å². The number of benzene rings is 1. The largest absolute Gasteiger partial charge is 0.618 e. The Hall–Kier alpha value is -2.94. The molecule has 0 amide bonds. The molecule has 0 aliphatic heterocycles. The van der Waals surface area contributed by atoms with Crippen LogP contribution >= 0.6 is 0 Å². The van der Waals surface area contributed by atoms with Crippen LogP contribution in [0.15, 0.2) is 48.7 Å². The first-order valence-corrected chi connectivity index (χ1v) is 8.62. The van der Waals surface area contributed by atoms with Crippen LogP contribution in [0.4, 0.5) is 5.69 Å². The van der Waals surface area contributed by atoms with Crippen molar-refractivity contribution < 1.29 is 27.5 Å². The lowest BCUT2D eigenvalue weighted by atomic mass is 10.1. The molecule has 2 aromatic rings. The number of anilines is 1. The van der Waals surface area contributed by atoms with Gasteiger partial charge in [-0.3, -0.25) is 9.52 Å². The van der Waals surface area contributed by atoms with Crippen molar-refractivity contribution >= 4 is 27.5 Å². The lowest BCUT2D eigenvalue weighted by molar-refractivity contribution is -0.608. The number of carbonyl (C=O) groups excluding carboxylic acids is 2. The van der Waals surface area contributed by atoms with Crippen LogP contribution in [0.1, 0.15) is 20.8 Å². The Labute approximate surface area is 138 Å². The summed E-state index contributed by atoms with van der Waals surface area (Å²) in [5, 5.41) is 11.4. The molecule has 0 spiro atoms. The van der Waals surface area contributed by atoms with Crippen LogP contribution in [-0.4, -0.2) is 33.0 Å². The van der Waals surface area contributed by atoms with E-state index in [1.54, 1.807) is 0 Å². The molecule has 24 heavy (non-hydrogen) atoms. The molecule has 0 fully saturated rings. The van der Waals surface area contributed by atoms with E-state index in [9.17, 15) is 23.2 Å². The molecule has 0 radical (unpaired) electrons. The van der Waals surface area contributed by atoms with Crippen LogP contribution in [0, 0.1) is 5.21 Å². The van der Waals surface area contributed by atoms with Gasteiger partial charge in [0.1, 0.15) is 0 Å². The van der Waals surface area contributed by atoms with E-state index in [4.69, 9.17) is 4.74 Å². The minimum atomic E-state index is -3.40. The maximum absolute atomic E-state index is 12.0. The highest BCUT2D eigenvalue weighted by atomic mass is 32.2. The zero-order valence-corrected chi connectivity index (χ0v) is 13.4. The second kappa shape index (κ2) is 7.09. The van der Waals surface area contributed by atoms with Crippen LogP contribution in [-0.2, 0) is 14.8 Å². The van der Waals surface area contributed by atoms with Gasteiger partial charge in [-0.1, -0.05) is 0 Å². The van der Waals surface area contributed by atoms with Crippen molar-refractivity contribution in [3.63, 3.8) is 0 Å². The van der Waals surface area contributed by atoms with Gasteiger partial charge in [0.05, 0.1) is 6.26 Å². The topological polar surface area (TPSA) is 116 Å². The number of hydrogen-bond donors (Lipinski definition) is 1. The third-order valence-corrected chi connectivity index (χ3v) is 3.48. The molecule has 8 nitrogen and oxygen atoms in total. The summed E-state index contributed by atoms with van der Waals surface area (Å²) in [7, 11) is -3.40. The van der Waals surface area contributed by atoms with Crippen LogP contribution in [0.2, 0.25) is 0 Å². The second-order valence-electron chi connectivity index (χ2n) is 4.86. The molecule has 0 aliphatic rings. The number of nitrogens with zero attached hydrogens (tertiary/aromatic N) is 1. The van der Waals surface area contributed by atoms with E-state index in [1.165, 1.54) is 42.5 Å². The fourth-order valence-corrected chi connectivity index (χ4v) is 2.38. The van der Waals surface area contributed by atoms with Crippen molar-refractivity contribution in [3.05, 3.63) is 65.1 Å². The number of aromatic nitrogens is 1. The molecule has 0 aliphatic carbocycles. The molecule has 0 saturated carbocycles. The van der Waals surface area contributed by atoms with E-state index in [2.05, 4.69) is 4.72 Å². The van der Waals surface area contributed by atoms with Crippen molar-refractivity contribution in [1.82, 2.24) is 0 Å². The van der Waals surface area contributed by atoms with Crippen molar-refractivity contribution in [2.45, 2.75) is 0 Å². The standard InChI is InChI=1S/C15H14N2O6S/c1-24(21,22)16-12-7-5-11(6-8-12)14(18)10-23-15(19)13-4-2-3-9-17(13)20/h2-9,16H,10H2,1H3. The Balaban J connectivity index is 1.98. The predicted octanol–water partition coefficient (Wildman–Crippen LogP) is 0.731. The molecule has 0 atom stereocenters. The number of ketones is 1. The van der Waals surface area contributed by atoms with E-state index >= 15 is 0 Å². The zero-order valence-electron chi connectivity index (χ0n) is 12.6. The number of ether oxygens (including phenoxy) is 1. The minimum Gasteiger partial charge on any atom is -0.618 e. The maximum Gasteiger partial charge on any atom is 0.405 e. The predicted molar refractivity (Wildman–Crippen MR) is 84.9 cm³/mol. The van der Waals surface area contributed by atoms with Crippen LogP contribution in [0.3, 0.4) is 0 Å². The van der Waals surface area contributed by atoms with Gasteiger partial charge in [-0.05, 0) is 30.3 Å². The molecule has 1 aromatic heterocycles. The van der Waals surface area contributed by atoms with E-state index in [1.807, 2.05) is 0 Å². The summed E-state index contributed by atoms with van der Waals surface area (Å²) >= 11 is 0. The SMILES string of the molecule is CS(=O)(=O)Nc1ccc(C(=O)COC(=O)c2cccc[n+]2[O-])cc1.